The van der Waals surface area contributed by atoms with Crippen molar-refractivity contribution in [2.24, 2.45) is 0 Å². The number of aromatic nitrogens is 4. The fourth-order valence-electron chi connectivity index (χ4n) is 3.50. The van der Waals surface area contributed by atoms with E-state index in [-0.39, 0.29) is 18.0 Å². The molecule has 8 heteroatoms. The van der Waals surface area contributed by atoms with Crippen LogP contribution in [0.4, 0.5) is 5.69 Å². The Hall–Kier alpha value is -3.26. The number of hydrogen-bond acceptors (Lipinski definition) is 4. The molecule has 0 saturated heterocycles. The van der Waals surface area contributed by atoms with Crippen LogP contribution in [0.1, 0.15) is 31.2 Å². The van der Waals surface area contributed by atoms with Crippen molar-refractivity contribution < 1.29 is 4.79 Å². The molecule has 4 rings (SSSR count). The highest BCUT2D eigenvalue weighted by molar-refractivity contribution is 9.10. The van der Waals surface area contributed by atoms with Gasteiger partial charge in [0.1, 0.15) is 12.4 Å². The molecule has 0 aliphatic heterocycles. The van der Waals surface area contributed by atoms with Crippen LogP contribution < -0.4 is 10.9 Å². The van der Waals surface area contributed by atoms with E-state index in [1.165, 1.54) is 10.9 Å². The van der Waals surface area contributed by atoms with Gasteiger partial charge in [0, 0.05) is 35.0 Å². The van der Waals surface area contributed by atoms with Crippen molar-refractivity contribution in [2.75, 3.05) is 5.32 Å². The standard InChI is InChI=1S/C23H22BrN5O2/c1-15(2)22-25-8-9-28(22)12-16-4-3-5-18(10-16)27-21(30)13-29-14-26-20-7-6-17(24)11-19(20)23(29)31/h3-11,14-15H,12-13H2,1-2H3,(H,27,30). The first-order valence-electron chi connectivity index (χ1n) is 9.95. The Kier molecular flexibility index (Phi) is 5.99. The molecule has 0 spiro atoms. The molecule has 0 unspecified atom stereocenters. The molecule has 2 aromatic carbocycles. The van der Waals surface area contributed by atoms with E-state index in [0.29, 0.717) is 29.1 Å². The van der Waals surface area contributed by atoms with Crippen molar-refractivity contribution in [3.05, 3.63) is 87.4 Å². The summed E-state index contributed by atoms with van der Waals surface area (Å²) >= 11 is 3.37. The zero-order valence-electron chi connectivity index (χ0n) is 17.2. The third-order valence-corrected chi connectivity index (χ3v) is 5.42. The number of imidazole rings is 1. The molecule has 1 N–H and O–H groups in total. The lowest BCUT2D eigenvalue weighted by Gasteiger charge is -2.12. The maximum atomic E-state index is 12.7. The van der Waals surface area contributed by atoms with E-state index in [2.05, 4.69) is 49.6 Å². The molecule has 0 radical (unpaired) electrons. The SMILES string of the molecule is CC(C)c1nccn1Cc1cccc(NC(=O)Cn2cnc3ccc(Br)cc3c2=O)c1. The van der Waals surface area contributed by atoms with E-state index in [0.717, 1.165) is 15.9 Å². The van der Waals surface area contributed by atoms with E-state index < -0.39 is 0 Å². The summed E-state index contributed by atoms with van der Waals surface area (Å²) in [7, 11) is 0. The minimum atomic E-state index is -0.291. The first kappa shape index (κ1) is 21.0. The van der Waals surface area contributed by atoms with Crippen molar-refractivity contribution in [3.8, 4) is 0 Å². The maximum Gasteiger partial charge on any atom is 0.261 e. The molecule has 0 atom stereocenters. The lowest BCUT2D eigenvalue weighted by Crippen LogP contribution is -2.28. The first-order chi connectivity index (χ1) is 14.9. The summed E-state index contributed by atoms with van der Waals surface area (Å²) in [6.07, 6.45) is 5.16. The average molecular weight is 480 g/mol. The number of carbonyl (C=O) groups is 1. The molecule has 158 valence electrons. The highest BCUT2D eigenvalue weighted by atomic mass is 79.9. The van der Waals surface area contributed by atoms with Crippen LogP contribution in [0.15, 0.2) is 70.5 Å². The van der Waals surface area contributed by atoms with Crippen molar-refractivity contribution in [2.45, 2.75) is 32.9 Å². The highest BCUT2D eigenvalue weighted by Gasteiger charge is 2.11. The molecule has 1 amide bonds. The van der Waals surface area contributed by atoms with E-state index in [9.17, 15) is 9.59 Å². The molecule has 0 saturated carbocycles. The third kappa shape index (κ3) is 4.74. The van der Waals surface area contributed by atoms with Gasteiger partial charge in [0.25, 0.3) is 5.56 Å². The monoisotopic (exact) mass is 479 g/mol. The Balaban J connectivity index is 1.49. The number of halogens is 1. The van der Waals surface area contributed by atoms with Crippen LogP contribution in [0.25, 0.3) is 10.9 Å². The topological polar surface area (TPSA) is 81.8 Å². The van der Waals surface area contributed by atoms with Crippen LogP contribution in [0, 0.1) is 0 Å². The second-order valence-electron chi connectivity index (χ2n) is 7.66. The van der Waals surface area contributed by atoms with Gasteiger partial charge in [-0.05, 0) is 35.9 Å². The molecule has 0 bridgehead atoms. The van der Waals surface area contributed by atoms with Gasteiger partial charge in [0.2, 0.25) is 5.91 Å². The Morgan fingerprint density at radius 2 is 1.97 bits per heavy atom. The van der Waals surface area contributed by atoms with Gasteiger partial charge < -0.3 is 9.88 Å². The van der Waals surface area contributed by atoms with Crippen LogP contribution in [0.5, 0.6) is 0 Å². The minimum Gasteiger partial charge on any atom is -0.330 e. The Morgan fingerprint density at radius 3 is 2.77 bits per heavy atom. The van der Waals surface area contributed by atoms with E-state index in [4.69, 9.17) is 0 Å². The second-order valence-corrected chi connectivity index (χ2v) is 8.57. The van der Waals surface area contributed by atoms with Crippen molar-refractivity contribution in [1.29, 1.82) is 0 Å². The van der Waals surface area contributed by atoms with Crippen molar-refractivity contribution in [1.82, 2.24) is 19.1 Å². The summed E-state index contributed by atoms with van der Waals surface area (Å²) in [6.45, 7) is 4.77. The Morgan fingerprint density at radius 1 is 1.13 bits per heavy atom. The van der Waals surface area contributed by atoms with Crippen LogP contribution in [-0.2, 0) is 17.9 Å². The van der Waals surface area contributed by atoms with E-state index >= 15 is 0 Å². The summed E-state index contributed by atoms with van der Waals surface area (Å²) < 4.78 is 4.20. The fraction of sp³-hybridized carbons (Fsp3) is 0.217. The third-order valence-electron chi connectivity index (χ3n) is 4.93. The van der Waals surface area contributed by atoms with Gasteiger partial charge >= 0.3 is 0 Å². The van der Waals surface area contributed by atoms with Gasteiger partial charge in [-0.2, -0.15) is 0 Å². The second kappa shape index (κ2) is 8.85. The summed E-state index contributed by atoms with van der Waals surface area (Å²) in [5, 5.41) is 3.34. The Bertz CT molecular complexity index is 1310. The predicted molar refractivity (Wildman–Crippen MR) is 124 cm³/mol. The van der Waals surface area contributed by atoms with Crippen LogP contribution in [0.3, 0.4) is 0 Å². The van der Waals surface area contributed by atoms with Gasteiger partial charge in [-0.15, -0.1) is 0 Å². The number of nitrogens with zero attached hydrogens (tertiary/aromatic N) is 4. The number of fused-ring (bicyclic) bond motifs is 1. The van der Waals surface area contributed by atoms with Crippen LogP contribution in [0.2, 0.25) is 0 Å². The zero-order valence-corrected chi connectivity index (χ0v) is 18.8. The smallest absolute Gasteiger partial charge is 0.261 e. The molecule has 7 nitrogen and oxygen atoms in total. The number of carbonyl (C=O) groups excluding carboxylic acids is 1. The molecule has 31 heavy (non-hydrogen) atoms. The number of amides is 1. The van der Waals surface area contributed by atoms with Gasteiger partial charge in [-0.25, -0.2) is 9.97 Å². The first-order valence-corrected chi connectivity index (χ1v) is 10.7. The fourth-order valence-corrected chi connectivity index (χ4v) is 3.86. The molecule has 2 aromatic heterocycles. The molecule has 0 fully saturated rings. The lowest BCUT2D eigenvalue weighted by atomic mass is 10.1. The van der Waals surface area contributed by atoms with E-state index in [1.54, 1.807) is 18.3 Å². The van der Waals surface area contributed by atoms with Crippen LogP contribution in [-0.4, -0.2) is 25.0 Å². The quantitative estimate of drug-likeness (QED) is 0.449. The number of benzene rings is 2. The van der Waals surface area contributed by atoms with Gasteiger partial charge in [0.05, 0.1) is 17.2 Å². The summed E-state index contributed by atoms with van der Waals surface area (Å²) in [4.78, 5) is 34.0. The lowest BCUT2D eigenvalue weighted by molar-refractivity contribution is -0.116. The number of anilines is 1. The van der Waals surface area contributed by atoms with Gasteiger partial charge in [-0.3, -0.25) is 14.2 Å². The number of nitrogens with one attached hydrogen (secondary N) is 1. The summed E-state index contributed by atoms with van der Waals surface area (Å²) in [6, 6.07) is 13.0. The molecule has 2 heterocycles. The van der Waals surface area contributed by atoms with Crippen LogP contribution >= 0.6 is 15.9 Å². The minimum absolute atomic E-state index is 0.114. The number of hydrogen-bond donors (Lipinski definition) is 1. The maximum absolute atomic E-state index is 12.7. The largest absolute Gasteiger partial charge is 0.330 e. The molecular weight excluding hydrogens is 458 g/mol. The highest BCUT2D eigenvalue weighted by Crippen LogP contribution is 2.17. The zero-order chi connectivity index (χ0) is 22.0. The normalized spacial score (nSPS) is 11.2. The molecule has 0 aliphatic carbocycles. The van der Waals surface area contributed by atoms with Gasteiger partial charge in [0.15, 0.2) is 0 Å². The molecular formula is C23H22BrN5O2. The number of rotatable bonds is 6. The Labute approximate surface area is 187 Å². The summed E-state index contributed by atoms with van der Waals surface area (Å²) in [5.74, 6) is 1.05. The van der Waals surface area contributed by atoms with Gasteiger partial charge in [-0.1, -0.05) is 41.9 Å². The van der Waals surface area contributed by atoms with Crippen molar-refractivity contribution >= 4 is 38.4 Å². The molecule has 4 aromatic rings. The summed E-state index contributed by atoms with van der Waals surface area (Å²) in [5.41, 5.74) is 2.07. The average Bonchev–Trinajstić information content (AvgIpc) is 3.19. The van der Waals surface area contributed by atoms with E-state index in [1.807, 2.05) is 36.5 Å². The predicted octanol–water partition coefficient (Wildman–Crippen LogP) is 4.17. The van der Waals surface area contributed by atoms with Crippen molar-refractivity contribution in [3.63, 3.8) is 0 Å². The molecule has 0 aliphatic rings.